The Morgan fingerprint density at radius 1 is 1.00 bits per heavy atom. The number of rotatable bonds is 8. The number of amides is 1. The molecule has 8 nitrogen and oxygen atoms in total. The van der Waals surface area contributed by atoms with E-state index in [1.807, 2.05) is 17.3 Å². The van der Waals surface area contributed by atoms with Crippen LogP contribution in [0.4, 0.5) is 5.95 Å². The van der Waals surface area contributed by atoms with Crippen LogP contribution in [0.2, 0.25) is 0 Å². The van der Waals surface area contributed by atoms with Crippen LogP contribution in [0, 0.1) is 11.8 Å². The lowest BCUT2D eigenvalue weighted by atomic mass is 9.85. The average Bonchev–Trinajstić information content (AvgIpc) is 3.01. The standard InChI is InChI=1S/C31H41N5O3/c1-3-23-20-32-31(33-21-23)36-16-12-24(13-17-36)22-39-29-10-8-26(9-11-29)25-4-6-27(7-5-25)30(37)35-18-14-28(15-19-35)34-38-2/h4,8-11,20-21,24,27H,3,5-7,12-19,22H2,1-2H3. The second-order valence-corrected chi connectivity index (χ2v) is 10.9. The molecule has 1 aliphatic carbocycles. The zero-order chi connectivity index (χ0) is 27.0. The van der Waals surface area contributed by atoms with E-state index in [2.05, 4.69) is 57.3 Å². The predicted molar refractivity (Wildman–Crippen MR) is 154 cm³/mol. The van der Waals surface area contributed by atoms with Crippen LogP contribution in [0.1, 0.15) is 63.0 Å². The van der Waals surface area contributed by atoms with Crippen molar-refractivity contribution in [2.45, 2.75) is 58.3 Å². The van der Waals surface area contributed by atoms with Crippen molar-refractivity contribution in [1.29, 1.82) is 0 Å². The minimum absolute atomic E-state index is 0.0888. The molecule has 0 saturated carbocycles. The van der Waals surface area contributed by atoms with Gasteiger partial charge >= 0.3 is 0 Å². The van der Waals surface area contributed by atoms with Gasteiger partial charge in [-0.2, -0.15) is 0 Å². The summed E-state index contributed by atoms with van der Waals surface area (Å²) in [4.78, 5) is 31.3. The molecular weight excluding hydrogens is 490 g/mol. The molecular formula is C31H41N5O3. The Morgan fingerprint density at radius 2 is 1.72 bits per heavy atom. The Labute approximate surface area is 232 Å². The van der Waals surface area contributed by atoms with Gasteiger partial charge in [0.25, 0.3) is 0 Å². The molecule has 1 atom stereocenters. The fraction of sp³-hybridized carbons (Fsp3) is 0.548. The Balaban J connectivity index is 1.05. The minimum Gasteiger partial charge on any atom is -0.493 e. The molecule has 0 radical (unpaired) electrons. The summed E-state index contributed by atoms with van der Waals surface area (Å²) in [6.45, 7) is 6.29. The van der Waals surface area contributed by atoms with Crippen molar-refractivity contribution in [3.8, 4) is 5.75 Å². The van der Waals surface area contributed by atoms with Gasteiger partial charge in [-0.05, 0) is 73.3 Å². The summed E-state index contributed by atoms with van der Waals surface area (Å²) in [6, 6.07) is 8.48. The first-order valence-corrected chi connectivity index (χ1v) is 14.5. The first-order valence-electron chi connectivity index (χ1n) is 14.5. The molecule has 3 aliphatic rings. The van der Waals surface area contributed by atoms with Crippen LogP contribution in [-0.2, 0) is 16.1 Å². The molecule has 39 heavy (non-hydrogen) atoms. The number of hydrogen-bond donors (Lipinski definition) is 0. The molecule has 2 fully saturated rings. The van der Waals surface area contributed by atoms with Crippen molar-refractivity contribution in [3.05, 3.63) is 53.9 Å². The third-order valence-corrected chi connectivity index (χ3v) is 8.34. The minimum atomic E-state index is 0.0888. The smallest absolute Gasteiger partial charge is 0.226 e. The number of anilines is 1. The van der Waals surface area contributed by atoms with Crippen LogP contribution in [0.5, 0.6) is 5.75 Å². The number of likely N-dealkylation sites (tertiary alicyclic amines) is 1. The van der Waals surface area contributed by atoms with E-state index < -0.39 is 0 Å². The Bertz CT molecular complexity index is 1140. The van der Waals surface area contributed by atoms with Gasteiger partial charge in [-0.3, -0.25) is 4.79 Å². The average molecular weight is 532 g/mol. The number of ether oxygens (including phenoxy) is 1. The maximum Gasteiger partial charge on any atom is 0.226 e. The highest BCUT2D eigenvalue weighted by Crippen LogP contribution is 2.32. The van der Waals surface area contributed by atoms with Crippen molar-refractivity contribution >= 4 is 23.1 Å². The number of carbonyl (C=O) groups is 1. The summed E-state index contributed by atoms with van der Waals surface area (Å²) in [5.41, 5.74) is 4.79. The van der Waals surface area contributed by atoms with Gasteiger partial charge in [-0.25, -0.2) is 9.97 Å². The lowest BCUT2D eigenvalue weighted by Crippen LogP contribution is -2.42. The topological polar surface area (TPSA) is 80.2 Å². The summed E-state index contributed by atoms with van der Waals surface area (Å²) in [7, 11) is 1.58. The fourth-order valence-corrected chi connectivity index (χ4v) is 5.76. The summed E-state index contributed by atoms with van der Waals surface area (Å²) in [5.74, 6) is 2.69. The lowest BCUT2D eigenvalue weighted by Gasteiger charge is -2.32. The Morgan fingerprint density at radius 3 is 2.33 bits per heavy atom. The summed E-state index contributed by atoms with van der Waals surface area (Å²) >= 11 is 0. The molecule has 1 amide bonds. The third-order valence-electron chi connectivity index (χ3n) is 8.34. The maximum atomic E-state index is 13.0. The van der Waals surface area contributed by atoms with E-state index in [1.165, 1.54) is 16.7 Å². The number of nitrogens with zero attached hydrogens (tertiary/aromatic N) is 5. The Kier molecular flexibility index (Phi) is 9.12. The molecule has 208 valence electrons. The second-order valence-electron chi connectivity index (χ2n) is 10.9. The summed E-state index contributed by atoms with van der Waals surface area (Å²) in [6.07, 6.45) is 13.5. The summed E-state index contributed by atoms with van der Waals surface area (Å²) < 4.78 is 6.16. The van der Waals surface area contributed by atoms with Crippen molar-refractivity contribution in [2.24, 2.45) is 17.0 Å². The van der Waals surface area contributed by atoms with E-state index in [0.717, 1.165) is 102 Å². The highest BCUT2D eigenvalue weighted by molar-refractivity contribution is 5.88. The quantitative estimate of drug-likeness (QED) is 0.439. The van der Waals surface area contributed by atoms with Gasteiger partial charge in [0.2, 0.25) is 11.9 Å². The highest BCUT2D eigenvalue weighted by atomic mass is 16.6. The van der Waals surface area contributed by atoms with Gasteiger partial charge in [0, 0.05) is 57.3 Å². The highest BCUT2D eigenvalue weighted by Gasteiger charge is 2.28. The van der Waals surface area contributed by atoms with Crippen LogP contribution in [0.3, 0.4) is 0 Å². The monoisotopic (exact) mass is 531 g/mol. The first-order chi connectivity index (χ1) is 19.1. The number of oxime groups is 1. The molecule has 2 saturated heterocycles. The maximum absolute atomic E-state index is 13.0. The molecule has 3 heterocycles. The Hall–Kier alpha value is -3.42. The number of allylic oxidation sites excluding steroid dienone is 2. The first kappa shape index (κ1) is 27.2. The van der Waals surface area contributed by atoms with Gasteiger partial charge in [-0.1, -0.05) is 30.3 Å². The van der Waals surface area contributed by atoms with Crippen molar-refractivity contribution in [2.75, 3.05) is 44.8 Å². The summed E-state index contributed by atoms with van der Waals surface area (Å²) in [5, 5.41) is 4.05. The zero-order valence-corrected chi connectivity index (χ0v) is 23.3. The van der Waals surface area contributed by atoms with Crippen LogP contribution < -0.4 is 9.64 Å². The van der Waals surface area contributed by atoms with Gasteiger partial charge in [0.05, 0.1) is 12.3 Å². The molecule has 0 N–H and O–H groups in total. The van der Waals surface area contributed by atoms with Gasteiger partial charge in [0.15, 0.2) is 0 Å². The van der Waals surface area contributed by atoms with E-state index in [0.29, 0.717) is 11.8 Å². The molecule has 1 aromatic heterocycles. The van der Waals surface area contributed by atoms with E-state index in [1.54, 1.807) is 7.11 Å². The van der Waals surface area contributed by atoms with Gasteiger partial charge in [-0.15, -0.1) is 0 Å². The number of benzene rings is 1. The molecule has 1 aromatic carbocycles. The fourth-order valence-electron chi connectivity index (χ4n) is 5.76. The number of aromatic nitrogens is 2. The van der Waals surface area contributed by atoms with Crippen LogP contribution in [0.25, 0.3) is 5.57 Å². The lowest BCUT2D eigenvalue weighted by molar-refractivity contribution is -0.135. The number of aryl methyl sites for hydroxylation is 1. The number of hydrogen-bond acceptors (Lipinski definition) is 7. The molecule has 8 heteroatoms. The van der Waals surface area contributed by atoms with Crippen molar-refractivity contribution in [3.63, 3.8) is 0 Å². The molecule has 0 spiro atoms. The normalized spacial score (nSPS) is 20.4. The molecule has 2 aliphatic heterocycles. The van der Waals surface area contributed by atoms with Crippen LogP contribution in [-0.4, -0.2) is 66.4 Å². The largest absolute Gasteiger partial charge is 0.493 e. The van der Waals surface area contributed by atoms with Gasteiger partial charge < -0.3 is 19.4 Å². The van der Waals surface area contributed by atoms with Crippen LogP contribution in [0.15, 0.2) is 47.9 Å². The van der Waals surface area contributed by atoms with Crippen LogP contribution >= 0.6 is 0 Å². The zero-order valence-electron chi connectivity index (χ0n) is 23.3. The van der Waals surface area contributed by atoms with Gasteiger partial charge in [0.1, 0.15) is 12.9 Å². The molecule has 1 unspecified atom stereocenters. The number of piperidine rings is 2. The third kappa shape index (κ3) is 6.97. The van der Waals surface area contributed by atoms with Crippen molar-refractivity contribution in [1.82, 2.24) is 14.9 Å². The van der Waals surface area contributed by atoms with Crippen molar-refractivity contribution < 1.29 is 14.4 Å². The molecule has 0 bridgehead atoms. The SMILES string of the molecule is CCc1cnc(N2CCC(COc3ccc(C4=CCC(C(=O)N5CCC(=NOC)CC5)CC4)cc3)CC2)nc1. The molecule has 2 aromatic rings. The van der Waals surface area contributed by atoms with E-state index >= 15 is 0 Å². The molecule has 5 rings (SSSR count). The van der Waals surface area contributed by atoms with E-state index in [9.17, 15) is 4.79 Å². The van der Waals surface area contributed by atoms with E-state index in [4.69, 9.17) is 9.57 Å². The number of carbonyl (C=O) groups excluding carboxylic acids is 1. The second kappa shape index (κ2) is 13.1. The van der Waals surface area contributed by atoms with E-state index in [-0.39, 0.29) is 5.92 Å². The predicted octanol–water partition coefficient (Wildman–Crippen LogP) is 5.14.